The van der Waals surface area contributed by atoms with Crippen LogP contribution in [0.3, 0.4) is 0 Å². The molecule has 0 radical (unpaired) electrons. The van der Waals surface area contributed by atoms with E-state index in [9.17, 15) is 9.90 Å². The van der Waals surface area contributed by atoms with Gasteiger partial charge in [-0.1, -0.05) is 6.07 Å². The van der Waals surface area contributed by atoms with E-state index in [2.05, 4.69) is 4.98 Å². The molecule has 0 amide bonds. The van der Waals surface area contributed by atoms with Gasteiger partial charge < -0.3 is 5.11 Å². The molecular weight excluding hydrogens is 254 g/mol. The third kappa shape index (κ3) is 2.12. The minimum atomic E-state index is -0.878. The highest BCUT2D eigenvalue weighted by Gasteiger charge is 2.33. The first kappa shape index (κ1) is 12.3. The van der Waals surface area contributed by atoms with Gasteiger partial charge in [0.05, 0.1) is 16.0 Å². The SMILES string of the molecule is Cc1nc(-c2cccs2)sc1C(C)(C)C(=O)O. The van der Waals surface area contributed by atoms with Crippen molar-refractivity contribution >= 4 is 28.6 Å². The summed E-state index contributed by atoms with van der Waals surface area (Å²) in [6, 6.07) is 3.97. The van der Waals surface area contributed by atoms with Crippen molar-refractivity contribution in [2.45, 2.75) is 26.2 Å². The predicted octanol–water partition coefficient (Wildman–Crippen LogP) is 3.54. The number of nitrogens with zero attached hydrogens (tertiary/aromatic N) is 1. The Bertz CT molecular complexity index is 541. The minimum absolute atomic E-state index is 0.811. The third-order valence-electron chi connectivity index (χ3n) is 2.63. The first-order valence-corrected chi connectivity index (χ1v) is 6.87. The average Bonchev–Trinajstić information content (AvgIpc) is 2.85. The monoisotopic (exact) mass is 267 g/mol. The van der Waals surface area contributed by atoms with Crippen LogP contribution in [-0.2, 0) is 10.2 Å². The Morgan fingerprint density at radius 3 is 2.71 bits per heavy atom. The van der Waals surface area contributed by atoms with Crippen LogP contribution in [0.1, 0.15) is 24.4 Å². The lowest BCUT2D eigenvalue weighted by Gasteiger charge is -2.17. The molecule has 5 heteroatoms. The Morgan fingerprint density at radius 1 is 1.47 bits per heavy atom. The fourth-order valence-electron chi connectivity index (χ4n) is 1.58. The van der Waals surface area contributed by atoms with Crippen molar-refractivity contribution < 1.29 is 9.90 Å². The molecule has 2 aromatic rings. The van der Waals surface area contributed by atoms with Crippen molar-refractivity contribution in [2.75, 3.05) is 0 Å². The van der Waals surface area contributed by atoms with Gasteiger partial charge in [-0.25, -0.2) is 4.98 Å². The number of aryl methyl sites for hydroxylation is 1. The maximum atomic E-state index is 11.3. The highest BCUT2D eigenvalue weighted by molar-refractivity contribution is 7.21. The largest absolute Gasteiger partial charge is 0.481 e. The van der Waals surface area contributed by atoms with Crippen LogP contribution >= 0.6 is 22.7 Å². The highest BCUT2D eigenvalue weighted by Crippen LogP contribution is 2.37. The maximum Gasteiger partial charge on any atom is 0.314 e. The molecule has 0 aliphatic heterocycles. The van der Waals surface area contributed by atoms with Gasteiger partial charge in [-0.15, -0.1) is 22.7 Å². The van der Waals surface area contributed by atoms with Gasteiger partial charge in [-0.05, 0) is 32.2 Å². The number of carboxylic acid groups (broad SMARTS) is 1. The van der Waals surface area contributed by atoms with Crippen LogP contribution < -0.4 is 0 Å². The summed E-state index contributed by atoms with van der Waals surface area (Å²) in [5.74, 6) is -0.818. The van der Waals surface area contributed by atoms with Crippen LogP contribution in [0, 0.1) is 6.92 Å². The van der Waals surface area contributed by atoms with Crippen LogP contribution in [0.4, 0.5) is 0 Å². The molecule has 0 fully saturated rings. The van der Waals surface area contributed by atoms with Crippen molar-refractivity contribution in [3.05, 3.63) is 28.1 Å². The normalized spacial score (nSPS) is 11.7. The summed E-state index contributed by atoms with van der Waals surface area (Å²) in [6.45, 7) is 5.30. The quantitative estimate of drug-likeness (QED) is 0.925. The molecule has 3 nitrogen and oxygen atoms in total. The second-order valence-corrected chi connectivity index (χ2v) is 6.29. The fraction of sp³-hybridized carbons (Fsp3) is 0.333. The lowest BCUT2D eigenvalue weighted by Crippen LogP contribution is -2.28. The zero-order valence-corrected chi connectivity index (χ0v) is 11.5. The van der Waals surface area contributed by atoms with Gasteiger partial charge in [0.15, 0.2) is 0 Å². The van der Waals surface area contributed by atoms with Crippen LogP contribution in [0.15, 0.2) is 17.5 Å². The van der Waals surface area contributed by atoms with E-state index < -0.39 is 11.4 Å². The molecule has 0 bridgehead atoms. The molecule has 0 saturated carbocycles. The molecule has 17 heavy (non-hydrogen) atoms. The number of aliphatic carboxylic acids is 1. The van der Waals surface area contributed by atoms with E-state index in [4.69, 9.17) is 0 Å². The van der Waals surface area contributed by atoms with Crippen molar-refractivity contribution in [1.29, 1.82) is 0 Å². The Morgan fingerprint density at radius 2 is 2.18 bits per heavy atom. The van der Waals surface area contributed by atoms with Gasteiger partial charge in [0.2, 0.25) is 0 Å². The number of thiophene rings is 1. The van der Waals surface area contributed by atoms with Gasteiger partial charge in [0.25, 0.3) is 0 Å². The van der Waals surface area contributed by atoms with Crippen LogP contribution in [0.25, 0.3) is 9.88 Å². The van der Waals surface area contributed by atoms with Crippen molar-refractivity contribution in [1.82, 2.24) is 4.98 Å². The summed E-state index contributed by atoms with van der Waals surface area (Å²) in [4.78, 5) is 17.6. The molecule has 90 valence electrons. The number of aromatic nitrogens is 1. The van der Waals surface area contributed by atoms with Gasteiger partial charge in [0, 0.05) is 4.88 Å². The van der Waals surface area contributed by atoms with E-state index >= 15 is 0 Å². The Balaban J connectivity index is 2.48. The lowest BCUT2D eigenvalue weighted by molar-refractivity contribution is -0.142. The Hall–Kier alpha value is -1.20. The summed E-state index contributed by atoms with van der Waals surface area (Å²) in [5.41, 5.74) is -0.0668. The van der Waals surface area contributed by atoms with Crippen molar-refractivity contribution in [3.8, 4) is 9.88 Å². The van der Waals surface area contributed by atoms with E-state index in [1.165, 1.54) is 11.3 Å². The summed E-state index contributed by atoms with van der Waals surface area (Å²) in [7, 11) is 0. The van der Waals surface area contributed by atoms with E-state index in [0.717, 1.165) is 20.5 Å². The smallest absolute Gasteiger partial charge is 0.314 e. The van der Waals surface area contributed by atoms with Gasteiger partial charge in [0.1, 0.15) is 5.01 Å². The number of carboxylic acids is 1. The summed E-state index contributed by atoms with van der Waals surface area (Å²) in [5, 5.41) is 12.1. The fourth-order valence-corrected chi connectivity index (χ4v) is 3.54. The molecule has 1 N–H and O–H groups in total. The molecule has 0 atom stereocenters. The number of thiazole rings is 1. The highest BCUT2D eigenvalue weighted by atomic mass is 32.1. The van der Waals surface area contributed by atoms with Gasteiger partial charge in [-0.2, -0.15) is 0 Å². The number of carbonyl (C=O) groups is 1. The van der Waals surface area contributed by atoms with Crippen LogP contribution in [0.5, 0.6) is 0 Å². The predicted molar refractivity (Wildman–Crippen MR) is 70.8 cm³/mol. The Kier molecular flexibility index (Phi) is 3.05. The first-order chi connectivity index (χ1) is 7.93. The summed E-state index contributed by atoms with van der Waals surface area (Å²) >= 11 is 3.09. The first-order valence-electron chi connectivity index (χ1n) is 5.18. The molecule has 2 rings (SSSR count). The van der Waals surface area contributed by atoms with Crippen LogP contribution in [-0.4, -0.2) is 16.1 Å². The van der Waals surface area contributed by atoms with E-state index in [1.807, 2.05) is 24.4 Å². The van der Waals surface area contributed by atoms with E-state index in [0.29, 0.717) is 0 Å². The molecule has 0 aromatic carbocycles. The van der Waals surface area contributed by atoms with Crippen LogP contribution in [0.2, 0.25) is 0 Å². The van der Waals surface area contributed by atoms with E-state index in [1.54, 1.807) is 25.2 Å². The standard InChI is InChI=1S/C12H13NO2S2/c1-7-9(12(2,3)11(14)15)17-10(13-7)8-5-4-6-16-8/h4-6H,1-3H3,(H,14,15). The summed E-state index contributed by atoms with van der Waals surface area (Å²) in [6.07, 6.45) is 0. The molecule has 0 aliphatic carbocycles. The zero-order chi connectivity index (χ0) is 12.6. The van der Waals surface area contributed by atoms with Gasteiger partial charge in [-0.3, -0.25) is 4.79 Å². The molecule has 0 saturated heterocycles. The Labute approximate surface area is 108 Å². The van der Waals surface area contributed by atoms with E-state index in [-0.39, 0.29) is 0 Å². The minimum Gasteiger partial charge on any atom is -0.481 e. The summed E-state index contributed by atoms with van der Waals surface area (Å²) < 4.78 is 0. The molecule has 0 unspecified atom stereocenters. The average molecular weight is 267 g/mol. The zero-order valence-electron chi connectivity index (χ0n) is 9.85. The molecule has 2 aromatic heterocycles. The number of hydrogen-bond donors (Lipinski definition) is 1. The molecule has 2 heterocycles. The lowest BCUT2D eigenvalue weighted by atomic mass is 9.91. The number of hydrogen-bond acceptors (Lipinski definition) is 4. The topological polar surface area (TPSA) is 50.2 Å². The van der Waals surface area contributed by atoms with Crippen molar-refractivity contribution in [2.24, 2.45) is 0 Å². The number of rotatable bonds is 3. The van der Waals surface area contributed by atoms with Crippen molar-refractivity contribution in [3.63, 3.8) is 0 Å². The molecular formula is C12H13NO2S2. The molecule has 0 spiro atoms. The second-order valence-electron chi connectivity index (χ2n) is 4.34. The maximum absolute atomic E-state index is 11.3. The molecule has 0 aliphatic rings. The second kappa shape index (κ2) is 4.23. The third-order valence-corrected chi connectivity index (χ3v) is 5.15. The van der Waals surface area contributed by atoms with Gasteiger partial charge >= 0.3 is 5.97 Å².